The Labute approximate surface area is 167 Å². The molecule has 0 unspecified atom stereocenters. The molecule has 0 bridgehead atoms. The van der Waals surface area contributed by atoms with Crippen molar-refractivity contribution >= 4 is 6.29 Å². The molecule has 3 aromatic rings. The van der Waals surface area contributed by atoms with Gasteiger partial charge in [0.1, 0.15) is 6.29 Å². The molecule has 1 saturated heterocycles. The Bertz CT molecular complexity index is 826. The second-order valence-corrected chi connectivity index (χ2v) is 7.73. The highest BCUT2D eigenvalue weighted by Gasteiger charge is 2.24. The van der Waals surface area contributed by atoms with E-state index in [2.05, 4.69) is 77.7 Å². The van der Waals surface area contributed by atoms with Crippen LogP contribution < -0.4 is 0 Å². The predicted octanol–water partition coefficient (Wildman–Crippen LogP) is 5.51. The smallest absolute Gasteiger partial charge is 0.150 e. The molecule has 2 heteroatoms. The zero-order chi connectivity index (χ0) is 19.2. The monoisotopic (exact) mass is 369 g/mol. The van der Waals surface area contributed by atoms with E-state index >= 15 is 0 Å². The summed E-state index contributed by atoms with van der Waals surface area (Å²) in [7, 11) is 0. The van der Waals surface area contributed by atoms with E-state index < -0.39 is 0 Å². The van der Waals surface area contributed by atoms with Gasteiger partial charge in [-0.1, -0.05) is 84.9 Å². The van der Waals surface area contributed by atoms with Crippen molar-refractivity contribution in [1.82, 2.24) is 4.90 Å². The van der Waals surface area contributed by atoms with Crippen LogP contribution in [0, 0.1) is 0 Å². The number of carbonyl (C=O) groups is 1. The fourth-order valence-electron chi connectivity index (χ4n) is 4.33. The van der Waals surface area contributed by atoms with Gasteiger partial charge in [0.25, 0.3) is 0 Å². The number of likely N-dealkylation sites (tertiary alicyclic amines) is 1. The van der Waals surface area contributed by atoms with Crippen molar-refractivity contribution in [2.24, 2.45) is 0 Å². The lowest BCUT2D eigenvalue weighted by molar-refractivity contribution is 0.112. The molecule has 1 aliphatic heterocycles. The molecule has 0 aromatic heterocycles. The number of benzene rings is 3. The number of nitrogens with zero attached hydrogens (tertiary/aromatic N) is 1. The molecule has 28 heavy (non-hydrogen) atoms. The lowest BCUT2D eigenvalue weighted by Gasteiger charge is -2.35. The normalized spacial score (nSPS) is 15.6. The van der Waals surface area contributed by atoms with Crippen LogP contribution in [-0.2, 0) is 0 Å². The second-order valence-electron chi connectivity index (χ2n) is 7.73. The summed E-state index contributed by atoms with van der Waals surface area (Å²) < 4.78 is 0. The molecule has 0 spiro atoms. The van der Waals surface area contributed by atoms with Crippen LogP contribution in [0.15, 0.2) is 84.9 Å². The Morgan fingerprint density at radius 2 is 1.32 bits per heavy atom. The third-order valence-electron chi connectivity index (χ3n) is 5.98. The van der Waals surface area contributed by atoms with Crippen molar-refractivity contribution < 1.29 is 4.79 Å². The molecule has 1 aliphatic rings. The number of rotatable bonds is 6. The molecule has 0 atom stereocenters. The van der Waals surface area contributed by atoms with Crippen molar-refractivity contribution in [2.45, 2.75) is 24.7 Å². The summed E-state index contributed by atoms with van der Waals surface area (Å²) >= 11 is 0. The molecule has 0 saturated carbocycles. The van der Waals surface area contributed by atoms with Gasteiger partial charge < -0.3 is 4.90 Å². The summed E-state index contributed by atoms with van der Waals surface area (Å²) in [4.78, 5) is 13.5. The van der Waals surface area contributed by atoms with E-state index in [9.17, 15) is 4.79 Å². The number of piperidine rings is 1. The minimum Gasteiger partial charge on any atom is -0.302 e. The SMILES string of the molecule is O=Cc1ccc(C2CCN(CC(c3ccccc3)c3ccccc3)CC2)cc1. The van der Waals surface area contributed by atoms with Gasteiger partial charge in [0.15, 0.2) is 0 Å². The van der Waals surface area contributed by atoms with Crippen molar-refractivity contribution in [3.05, 3.63) is 107 Å². The summed E-state index contributed by atoms with van der Waals surface area (Å²) in [5.41, 5.74) is 4.91. The molecular weight excluding hydrogens is 342 g/mol. The zero-order valence-corrected chi connectivity index (χ0v) is 16.2. The van der Waals surface area contributed by atoms with Gasteiger partial charge in [-0.3, -0.25) is 4.79 Å². The van der Waals surface area contributed by atoms with Crippen LogP contribution in [0.5, 0.6) is 0 Å². The molecule has 3 aromatic carbocycles. The van der Waals surface area contributed by atoms with Crippen LogP contribution in [0.25, 0.3) is 0 Å². The lowest BCUT2D eigenvalue weighted by atomic mass is 9.87. The van der Waals surface area contributed by atoms with E-state index in [1.54, 1.807) is 0 Å². The van der Waals surface area contributed by atoms with Crippen molar-refractivity contribution in [1.29, 1.82) is 0 Å². The maximum atomic E-state index is 10.9. The van der Waals surface area contributed by atoms with Crippen LogP contribution in [0.1, 0.15) is 51.7 Å². The highest BCUT2D eigenvalue weighted by Crippen LogP contribution is 2.31. The van der Waals surface area contributed by atoms with Gasteiger partial charge >= 0.3 is 0 Å². The van der Waals surface area contributed by atoms with Gasteiger partial charge in [-0.15, -0.1) is 0 Å². The number of aldehydes is 1. The minimum atomic E-state index is 0.408. The molecule has 0 amide bonds. The summed E-state index contributed by atoms with van der Waals surface area (Å²) in [6.45, 7) is 3.30. The summed E-state index contributed by atoms with van der Waals surface area (Å²) in [5.74, 6) is 1.01. The first kappa shape index (κ1) is 18.6. The van der Waals surface area contributed by atoms with Gasteiger partial charge in [0.2, 0.25) is 0 Å². The van der Waals surface area contributed by atoms with Crippen molar-refractivity contribution in [3.8, 4) is 0 Å². The van der Waals surface area contributed by atoms with E-state index in [4.69, 9.17) is 0 Å². The highest BCUT2D eigenvalue weighted by molar-refractivity contribution is 5.74. The highest BCUT2D eigenvalue weighted by atomic mass is 16.1. The van der Waals surface area contributed by atoms with Gasteiger partial charge in [0.05, 0.1) is 0 Å². The third-order valence-corrected chi connectivity index (χ3v) is 5.98. The van der Waals surface area contributed by atoms with E-state index in [0.29, 0.717) is 11.8 Å². The molecule has 1 heterocycles. The lowest BCUT2D eigenvalue weighted by Crippen LogP contribution is -2.36. The third kappa shape index (κ3) is 4.40. The molecular formula is C26H27NO. The molecule has 0 N–H and O–H groups in total. The summed E-state index contributed by atoms with van der Waals surface area (Å²) in [5, 5.41) is 0. The van der Waals surface area contributed by atoms with Crippen molar-refractivity contribution in [3.63, 3.8) is 0 Å². The van der Waals surface area contributed by atoms with Gasteiger partial charge in [-0.2, -0.15) is 0 Å². The van der Waals surface area contributed by atoms with E-state index in [-0.39, 0.29) is 0 Å². The quantitative estimate of drug-likeness (QED) is 0.534. The van der Waals surface area contributed by atoms with Crippen LogP contribution >= 0.6 is 0 Å². The average Bonchev–Trinajstić information content (AvgIpc) is 2.79. The first-order valence-electron chi connectivity index (χ1n) is 10.2. The van der Waals surface area contributed by atoms with E-state index in [1.807, 2.05) is 12.1 Å². The van der Waals surface area contributed by atoms with Crippen LogP contribution in [0.2, 0.25) is 0 Å². The Balaban J connectivity index is 1.43. The van der Waals surface area contributed by atoms with Gasteiger partial charge in [0, 0.05) is 18.0 Å². The standard InChI is InChI=1S/C26H27NO/c28-20-21-11-13-22(14-12-21)23-15-17-27(18-16-23)19-26(24-7-3-1-4-8-24)25-9-5-2-6-10-25/h1-14,20,23,26H,15-19H2. The number of carbonyl (C=O) groups excluding carboxylic acids is 1. The largest absolute Gasteiger partial charge is 0.302 e. The Morgan fingerprint density at radius 3 is 1.82 bits per heavy atom. The predicted molar refractivity (Wildman–Crippen MR) is 115 cm³/mol. The average molecular weight is 370 g/mol. The van der Waals surface area contributed by atoms with E-state index in [1.165, 1.54) is 29.5 Å². The van der Waals surface area contributed by atoms with Crippen LogP contribution in [-0.4, -0.2) is 30.8 Å². The first-order chi connectivity index (χ1) is 13.8. The van der Waals surface area contributed by atoms with Gasteiger partial charge in [-0.25, -0.2) is 0 Å². The molecule has 4 rings (SSSR count). The number of hydrogen-bond donors (Lipinski definition) is 0. The topological polar surface area (TPSA) is 20.3 Å². The fourth-order valence-corrected chi connectivity index (χ4v) is 4.33. The molecule has 142 valence electrons. The van der Waals surface area contributed by atoms with Gasteiger partial charge in [-0.05, 0) is 48.5 Å². The maximum absolute atomic E-state index is 10.9. The van der Waals surface area contributed by atoms with Crippen molar-refractivity contribution in [2.75, 3.05) is 19.6 Å². The maximum Gasteiger partial charge on any atom is 0.150 e. The Hall–Kier alpha value is -2.71. The number of hydrogen-bond acceptors (Lipinski definition) is 2. The summed E-state index contributed by atoms with van der Waals surface area (Å²) in [6.07, 6.45) is 3.27. The molecule has 2 nitrogen and oxygen atoms in total. The van der Waals surface area contributed by atoms with Crippen LogP contribution in [0.4, 0.5) is 0 Å². The Morgan fingerprint density at radius 1 is 0.786 bits per heavy atom. The second kappa shape index (κ2) is 8.99. The van der Waals surface area contributed by atoms with E-state index in [0.717, 1.165) is 31.5 Å². The molecule has 0 aliphatic carbocycles. The first-order valence-corrected chi connectivity index (χ1v) is 10.2. The summed E-state index contributed by atoms with van der Waals surface area (Å²) in [6, 6.07) is 29.9. The molecule has 1 fully saturated rings. The Kier molecular flexibility index (Phi) is 5.98. The minimum absolute atomic E-state index is 0.408. The zero-order valence-electron chi connectivity index (χ0n) is 16.2. The fraction of sp³-hybridized carbons (Fsp3) is 0.269. The molecule has 0 radical (unpaired) electrons. The van der Waals surface area contributed by atoms with Crippen LogP contribution in [0.3, 0.4) is 0 Å².